The number of hydrogen-bond acceptors (Lipinski definition) is 5. The first kappa shape index (κ1) is 48.3. The van der Waals surface area contributed by atoms with Crippen LogP contribution in [0.5, 0.6) is 0 Å². The van der Waals surface area contributed by atoms with Gasteiger partial charge in [-0.05, 0) is 83.7 Å². The highest BCUT2D eigenvalue weighted by Crippen LogP contribution is 2.12. The number of aliphatic hydroxyl groups is 1. The van der Waals surface area contributed by atoms with Gasteiger partial charge in [0.05, 0.1) is 13.0 Å². The number of nitrogens with zero attached hydrogens (tertiary/aromatic N) is 1. The minimum absolute atomic E-state index is 0.0660. The van der Waals surface area contributed by atoms with Crippen LogP contribution in [0.15, 0.2) is 24.3 Å². The fourth-order valence-electron chi connectivity index (χ4n) is 6.37. The number of carbonyl (C=O) groups excluding carboxylic acids is 2. The van der Waals surface area contributed by atoms with Crippen LogP contribution in [0.4, 0.5) is 0 Å². The van der Waals surface area contributed by atoms with Gasteiger partial charge in [0, 0.05) is 19.5 Å². The van der Waals surface area contributed by atoms with Gasteiger partial charge in [-0.1, -0.05) is 147 Å². The number of hydrogen-bond donors (Lipinski definition) is 2. The zero-order chi connectivity index (χ0) is 36.4. The fraction of sp³-hybridized carbons (Fsp3) is 0.864. The van der Waals surface area contributed by atoms with E-state index in [4.69, 9.17) is 9.84 Å². The average Bonchev–Trinajstić information content (AvgIpc) is 3.12. The summed E-state index contributed by atoms with van der Waals surface area (Å²) >= 11 is 0. The molecule has 0 rings (SSSR count). The monoisotopic (exact) mass is 705 g/mol. The molecule has 6 heteroatoms. The summed E-state index contributed by atoms with van der Waals surface area (Å²) in [5.74, 6) is -0.0895. The maximum absolute atomic E-state index is 12.4. The Hall–Kier alpha value is -1.66. The Bertz CT molecular complexity index is 769. The molecule has 0 saturated heterocycles. The van der Waals surface area contributed by atoms with E-state index in [0.717, 1.165) is 38.8 Å². The minimum Gasteiger partial charge on any atom is -0.463 e. The fourth-order valence-corrected chi connectivity index (χ4v) is 6.37. The van der Waals surface area contributed by atoms with Crippen LogP contribution in [0.1, 0.15) is 206 Å². The Kier molecular flexibility index (Phi) is 40.4. The first-order valence-corrected chi connectivity index (χ1v) is 21.7. The molecule has 0 bridgehead atoms. The van der Waals surface area contributed by atoms with Crippen LogP contribution in [0.3, 0.4) is 0 Å². The summed E-state index contributed by atoms with van der Waals surface area (Å²) in [5, 5.41) is 12.0. The number of allylic oxidation sites excluding steroid dienone is 4. The van der Waals surface area contributed by atoms with Gasteiger partial charge in [-0.3, -0.25) is 9.59 Å². The molecule has 0 aliphatic heterocycles. The number of carbonyl (C=O) groups is 2. The molecule has 6 nitrogen and oxygen atoms in total. The van der Waals surface area contributed by atoms with Crippen molar-refractivity contribution in [1.82, 2.24) is 10.2 Å². The van der Waals surface area contributed by atoms with E-state index in [1.165, 1.54) is 154 Å². The van der Waals surface area contributed by atoms with Crippen molar-refractivity contribution in [3.05, 3.63) is 24.3 Å². The van der Waals surface area contributed by atoms with Gasteiger partial charge in [0.15, 0.2) is 0 Å². The molecule has 294 valence electrons. The Balaban J connectivity index is 3.92. The largest absolute Gasteiger partial charge is 0.463 e. The third kappa shape index (κ3) is 39.1. The molecule has 0 aromatic heterocycles. The van der Waals surface area contributed by atoms with Crippen molar-refractivity contribution in [2.75, 3.05) is 39.4 Å². The molecule has 0 aromatic rings. The topological polar surface area (TPSA) is 78.9 Å². The van der Waals surface area contributed by atoms with Crippen LogP contribution in [0, 0.1) is 0 Å². The van der Waals surface area contributed by atoms with E-state index in [9.17, 15) is 9.59 Å². The minimum atomic E-state index is -0.252. The molecular weight excluding hydrogens is 620 g/mol. The van der Waals surface area contributed by atoms with Crippen molar-refractivity contribution in [2.24, 2.45) is 0 Å². The van der Waals surface area contributed by atoms with Crippen LogP contribution in [-0.4, -0.2) is 61.3 Å². The van der Waals surface area contributed by atoms with E-state index in [1.54, 1.807) is 0 Å². The van der Waals surface area contributed by atoms with Crippen LogP contribution < -0.4 is 5.32 Å². The van der Waals surface area contributed by atoms with E-state index in [-0.39, 0.29) is 25.1 Å². The summed E-state index contributed by atoms with van der Waals surface area (Å²) in [6, 6.07) is 0. The molecule has 2 N–H and O–H groups in total. The predicted octanol–water partition coefficient (Wildman–Crippen LogP) is 11.8. The molecule has 0 aliphatic carbocycles. The smallest absolute Gasteiger partial charge is 0.307 e. The number of ether oxygens (including phenoxy) is 1. The Morgan fingerprint density at radius 2 is 0.940 bits per heavy atom. The lowest BCUT2D eigenvalue weighted by Crippen LogP contribution is -2.32. The van der Waals surface area contributed by atoms with E-state index in [2.05, 4.69) is 48.4 Å². The molecule has 0 aromatic carbocycles. The van der Waals surface area contributed by atoms with Gasteiger partial charge in [0.25, 0.3) is 0 Å². The molecule has 0 heterocycles. The SMILES string of the molecule is CCCCCCCC/C=C\CCCCCCCCN(CCCNC(=O)CCCCCCC/C=C\CCCCCCCC)CCC(=O)OCCO. The van der Waals surface area contributed by atoms with Gasteiger partial charge < -0.3 is 20.1 Å². The maximum atomic E-state index is 12.4. The van der Waals surface area contributed by atoms with Crippen molar-refractivity contribution < 1.29 is 19.4 Å². The second kappa shape index (κ2) is 41.8. The van der Waals surface area contributed by atoms with Gasteiger partial charge in [0.2, 0.25) is 5.91 Å². The lowest BCUT2D eigenvalue weighted by molar-refractivity contribution is -0.145. The van der Waals surface area contributed by atoms with Crippen molar-refractivity contribution in [2.45, 2.75) is 206 Å². The second-order valence-electron chi connectivity index (χ2n) is 14.5. The van der Waals surface area contributed by atoms with Crippen molar-refractivity contribution in [3.8, 4) is 0 Å². The molecule has 0 atom stereocenters. The first-order chi connectivity index (χ1) is 24.6. The van der Waals surface area contributed by atoms with Gasteiger partial charge in [-0.15, -0.1) is 0 Å². The molecule has 0 unspecified atom stereocenters. The maximum Gasteiger partial charge on any atom is 0.307 e. The number of nitrogens with one attached hydrogen (secondary N) is 1. The quantitative estimate of drug-likeness (QED) is 0.0377. The van der Waals surface area contributed by atoms with Crippen molar-refractivity contribution in [3.63, 3.8) is 0 Å². The van der Waals surface area contributed by atoms with E-state index >= 15 is 0 Å². The van der Waals surface area contributed by atoms with E-state index < -0.39 is 0 Å². The standard InChI is InChI=1S/C44H84N2O4/c1-3-5-7-9-11-13-15-17-19-21-23-25-27-29-31-33-38-46(40-36-44(49)50-42-41-47)39-34-37-45-43(48)35-32-30-28-26-24-22-20-18-16-14-12-10-8-6-4-2/h17-20,47H,3-16,21-42H2,1-2H3,(H,45,48)/b19-17-,20-18-. The molecule has 0 aliphatic rings. The Labute approximate surface area is 311 Å². The Morgan fingerprint density at radius 3 is 1.42 bits per heavy atom. The van der Waals surface area contributed by atoms with Gasteiger partial charge in [-0.25, -0.2) is 0 Å². The lowest BCUT2D eigenvalue weighted by atomic mass is 10.1. The van der Waals surface area contributed by atoms with E-state index in [0.29, 0.717) is 25.9 Å². The molecule has 0 saturated carbocycles. The highest BCUT2D eigenvalue weighted by atomic mass is 16.5. The Morgan fingerprint density at radius 1 is 0.520 bits per heavy atom. The number of aliphatic hydroxyl groups excluding tert-OH is 1. The molecule has 0 spiro atoms. The van der Waals surface area contributed by atoms with E-state index in [1.807, 2.05) is 0 Å². The summed E-state index contributed by atoms with van der Waals surface area (Å²) in [4.78, 5) is 26.7. The summed E-state index contributed by atoms with van der Waals surface area (Å²) in [6.45, 7) is 7.66. The zero-order valence-corrected chi connectivity index (χ0v) is 33.4. The number of unbranched alkanes of at least 4 members (excludes halogenated alkanes) is 23. The molecule has 0 fully saturated rings. The number of amides is 1. The molecule has 50 heavy (non-hydrogen) atoms. The highest BCUT2D eigenvalue weighted by molar-refractivity contribution is 5.75. The summed E-state index contributed by atoms with van der Waals surface area (Å²) in [6.07, 6.45) is 46.0. The summed E-state index contributed by atoms with van der Waals surface area (Å²) in [5.41, 5.74) is 0. The first-order valence-electron chi connectivity index (χ1n) is 21.7. The summed E-state index contributed by atoms with van der Waals surface area (Å²) in [7, 11) is 0. The number of rotatable bonds is 40. The predicted molar refractivity (Wildman–Crippen MR) is 216 cm³/mol. The highest BCUT2D eigenvalue weighted by Gasteiger charge is 2.10. The summed E-state index contributed by atoms with van der Waals surface area (Å²) < 4.78 is 5.06. The van der Waals surface area contributed by atoms with Gasteiger partial charge in [-0.2, -0.15) is 0 Å². The van der Waals surface area contributed by atoms with Crippen molar-refractivity contribution in [1.29, 1.82) is 0 Å². The van der Waals surface area contributed by atoms with Gasteiger partial charge in [0.1, 0.15) is 6.61 Å². The molecule has 0 radical (unpaired) electrons. The van der Waals surface area contributed by atoms with Crippen LogP contribution in [0.25, 0.3) is 0 Å². The van der Waals surface area contributed by atoms with Crippen molar-refractivity contribution >= 4 is 11.9 Å². The van der Waals surface area contributed by atoms with Crippen LogP contribution >= 0.6 is 0 Å². The molecule has 1 amide bonds. The van der Waals surface area contributed by atoms with Crippen LogP contribution in [0.2, 0.25) is 0 Å². The number of esters is 1. The van der Waals surface area contributed by atoms with Crippen LogP contribution in [-0.2, 0) is 14.3 Å². The third-order valence-corrected chi connectivity index (χ3v) is 9.61. The normalized spacial score (nSPS) is 11.8. The third-order valence-electron chi connectivity index (χ3n) is 9.61. The zero-order valence-electron chi connectivity index (χ0n) is 33.4. The average molecular weight is 705 g/mol. The molecular formula is C44H84N2O4. The second-order valence-corrected chi connectivity index (χ2v) is 14.5. The lowest BCUT2D eigenvalue weighted by Gasteiger charge is -2.22. The van der Waals surface area contributed by atoms with Gasteiger partial charge >= 0.3 is 5.97 Å².